The van der Waals surface area contributed by atoms with Crippen LogP contribution in [0.4, 0.5) is 0 Å². The number of nitrogens with one attached hydrogen (secondary N) is 1. The van der Waals surface area contributed by atoms with Crippen LogP contribution < -0.4 is 14.8 Å². The van der Waals surface area contributed by atoms with Gasteiger partial charge in [0.15, 0.2) is 0 Å². The predicted octanol–water partition coefficient (Wildman–Crippen LogP) is 10.6. The van der Waals surface area contributed by atoms with Gasteiger partial charge in [-0.15, -0.1) is 0 Å². The van der Waals surface area contributed by atoms with E-state index in [4.69, 9.17) is 37.4 Å². The number of hydrogen-bond acceptors (Lipinski definition) is 7. The van der Waals surface area contributed by atoms with E-state index in [9.17, 15) is 9.59 Å². The highest BCUT2D eigenvalue weighted by Gasteiger charge is 2.35. The molecule has 0 radical (unpaired) electrons. The zero-order valence-corrected chi connectivity index (χ0v) is 36.9. The molecule has 8 nitrogen and oxygen atoms in total. The molecule has 2 aliphatic heterocycles. The number of methoxy groups -OCH3 is 1. The Balaban J connectivity index is 1.05. The minimum Gasteiger partial charge on any atom is -0.493 e. The Morgan fingerprint density at radius 1 is 0.917 bits per heavy atom. The number of halogens is 2. The molecule has 4 aromatic carbocycles. The van der Waals surface area contributed by atoms with Gasteiger partial charge in [-0.3, -0.25) is 14.7 Å². The molecule has 5 aromatic rings. The van der Waals surface area contributed by atoms with Crippen LogP contribution in [-0.2, 0) is 40.1 Å². The second-order valence-corrected chi connectivity index (χ2v) is 17.4. The zero-order valence-electron chi connectivity index (χ0n) is 35.4. The standard InChI is InChI=1S/C50H55Cl2N3O5/c1-7-47(37-14-17-43(51)44(52)25-37)60-41-15-12-34(13-16-41)36-19-21-59-48-27-38-26-46(55(28-30(2)3)29-40(38)24-39(48)23-36)49(56)54-45(50(57)58-6)22-33-8-10-35(11-9-33)42-18-20-53-32(5)31(42)4/h8-18,20,24-25,27,30,36,45-47H,7,19,21-23,26,28-29H2,1-6H3,(H,54,56)/t36-,45+,46+,47-/m1/s1. The SMILES string of the molecule is CC[C@@H](Oc1ccc([C@@H]2CCOc3cc4c(cc3C2)CN(CC(C)C)[C@H](C(=O)N[C@@H](Cc2ccc(-c3ccnc(C)c3C)cc2)C(=O)OC)C4)cc1)c1ccc(Cl)c(Cl)c1. The van der Waals surface area contributed by atoms with Gasteiger partial charge in [-0.05, 0) is 138 Å². The molecule has 0 fully saturated rings. The first-order chi connectivity index (χ1) is 28.9. The molecule has 0 saturated carbocycles. The van der Waals surface area contributed by atoms with Crippen LogP contribution in [0.3, 0.4) is 0 Å². The Labute approximate surface area is 364 Å². The predicted molar refractivity (Wildman–Crippen MR) is 239 cm³/mol. The summed E-state index contributed by atoms with van der Waals surface area (Å²) in [6.45, 7) is 12.5. The van der Waals surface area contributed by atoms with E-state index >= 15 is 0 Å². The summed E-state index contributed by atoms with van der Waals surface area (Å²) in [6, 6.07) is 27.4. The topological polar surface area (TPSA) is 90.0 Å². The molecular weight excluding hydrogens is 793 g/mol. The van der Waals surface area contributed by atoms with Crippen molar-refractivity contribution in [3.05, 3.63) is 146 Å². The molecule has 1 amide bonds. The van der Waals surface area contributed by atoms with Crippen molar-refractivity contribution in [1.29, 1.82) is 0 Å². The smallest absolute Gasteiger partial charge is 0.328 e. The lowest BCUT2D eigenvalue weighted by atomic mass is 9.86. The maximum atomic E-state index is 14.3. The number of nitrogens with zero attached hydrogens (tertiary/aromatic N) is 2. The Morgan fingerprint density at radius 2 is 1.68 bits per heavy atom. The molecule has 0 unspecified atom stereocenters. The normalized spacial score (nSPS) is 17.4. The highest BCUT2D eigenvalue weighted by atomic mass is 35.5. The van der Waals surface area contributed by atoms with Crippen LogP contribution in [0.2, 0.25) is 10.0 Å². The van der Waals surface area contributed by atoms with Gasteiger partial charge >= 0.3 is 5.97 Å². The highest BCUT2D eigenvalue weighted by Crippen LogP contribution is 2.38. The van der Waals surface area contributed by atoms with Gasteiger partial charge in [-0.25, -0.2) is 4.79 Å². The summed E-state index contributed by atoms with van der Waals surface area (Å²) in [5.41, 5.74) is 11.0. The van der Waals surface area contributed by atoms with Crippen LogP contribution in [-0.4, -0.2) is 54.1 Å². The fourth-order valence-electron chi connectivity index (χ4n) is 8.59. The lowest BCUT2D eigenvalue weighted by Crippen LogP contribution is -2.55. The zero-order chi connectivity index (χ0) is 42.5. The van der Waals surface area contributed by atoms with Crippen molar-refractivity contribution >= 4 is 35.1 Å². The Morgan fingerprint density at radius 3 is 2.38 bits per heavy atom. The fraction of sp³-hybridized carbons (Fsp3) is 0.380. The molecule has 60 heavy (non-hydrogen) atoms. The van der Waals surface area contributed by atoms with Gasteiger partial charge in [0.05, 0.1) is 29.8 Å². The molecule has 0 aliphatic carbocycles. The number of esters is 1. The van der Waals surface area contributed by atoms with Crippen molar-refractivity contribution in [1.82, 2.24) is 15.2 Å². The van der Waals surface area contributed by atoms with E-state index in [2.05, 4.69) is 91.4 Å². The minimum absolute atomic E-state index is 0.138. The number of carbonyl (C=O) groups is 2. The van der Waals surface area contributed by atoms with Crippen molar-refractivity contribution in [2.45, 2.75) is 97.4 Å². The van der Waals surface area contributed by atoms with Crippen LogP contribution >= 0.6 is 23.2 Å². The molecule has 3 heterocycles. The van der Waals surface area contributed by atoms with E-state index in [1.165, 1.54) is 23.8 Å². The van der Waals surface area contributed by atoms with Crippen LogP contribution in [0.25, 0.3) is 11.1 Å². The van der Waals surface area contributed by atoms with E-state index in [-0.39, 0.29) is 17.9 Å². The number of carbonyl (C=O) groups excluding carboxylic acids is 2. The molecule has 10 heteroatoms. The second-order valence-electron chi connectivity index (χ2n) is 16.6. The van der Waals surface area contributed by atoms with Gasteiger partial charge < -0.3 is 19.5 Å². The van der Waals surface area contributed by atoms with Crippen LogP contribution in [0, 0.1) is 19.8 Å². The highest BCUT2D eigenvalue weighted by molar-refractivity contribution is 6.42. The monoisotopic (exact) mass is 847 g/mol. The first-order valence-corrected chi connectivity index (χ1v) is 21.8. The maximum Gasteiger partial charge on any atom is 0.328 e. The Bertz CT molecular complexity index is 2310. The summed E-state index contributed by atoms with van der Waals surface area (Å²) < 4.78 is 18.0. The fourth-order valence-corrected chi connectivity index (χ4v) is 8.90. The quantitative estimate of drug-likeness (QED) is 0.118. The van der Waals surface area contributed by atoms with E-state index in [1.54, 1.807) is 0 Å². The average Bonchev–Trinajstić information content (AvgIpc) is 3.45. The summed E-state index contributed by atoms with van der Waals surface area (Å²) in [7, 11) is 1.36. The number of rotatable bonds is 13. The van der Waals surface area contributed by atoms with Crippen LogP contribution in [0.1, 0.15) is 90.3 Å². The number of amides is 1. The third-order valence-electron chi connectivity index (χ3n) is 12.0. The molecule has 0 bridgehead atoms. The number of benzene rings is 4. The summed E-state index contributed by atoms with van der Waals surface area (Å²) in [6.07, 6.45) is 5.04. The number of ether oxygens (including phenoxy) is 3. The largest absolute Gasteiger partial charge is 0.493 e. The Kier molecular flexibility index (Phi) is 13.8. The number of pyridine rings is 1. The van der Waals surface area contributed by atoms with Gasteiger partial charge in [0, 0.05) is 31.4 Å². The summed E-state index contributed by atoms with van der Waals surface area (Å²) >= 11 is 12.5. The van der Waals surface area contributed by atoms with Gasteiger partial charge in [0.1, 0.15) is 23.6 Å². The molecule has 1 aromatic heterocycles. The first-order valence-electron chi connectivity index (χ1n) is 21.0. The van der Waals surface area contributed by atoms with Crippen molar-refractivity contribution < 1.29 is 23.8 Å². The number of aryl methyl sites for hydroxylation is 1. The molecular formula is C50H55Cl2N3O5. The molecule has 314 valence electrons. The van der Waals surface area contributed by atoms with E-state index in [0.717, 1.165) is 76.4 Å². The van der Waals surface area contributed by atoms with Crippen molar-refractivity contribution in [2.75, 3.05) is 20.3 Å². The molecule has 0 spiro atoms. The molecule has 0 saturated heterocycles. The van der Waals surface area contributed by atoms with Crippen LogP contribution in [0.15, 0.2) is 91.1 Å². The Hall–Kier alpha value is -4.89. The van der Waals surface area contributed by atoms with Crippen molar-refractivity contribution in [3.8, 4) is 22.6 Å². The van der Waals surface area contributed by atoms with Crippen molar-refractivity contribution in [2.24, 2.45) is 5.92 Å². The van der Waals surface area contributed by atoms with Crippen LogP contribution in [0.5, 0.6) is 11.5 Å². The van der Waals surface area contributed by atoms with Gasteiger partial charge in [0.25, 0.3) is 0 Å². The summed E-state index contributed by atoms with van der Waals surface area (Å²) in [5, 5.41) is 4.14. The minimum atomic E-state index is -0.829. The third-order valence-corrected chi connectivity index (χ3v) is 12.7. The lowest BCUT2D eigenvalue weighted by Gasteiger charge is -2.38. The summed E-state index contributed by atoms with van der Waals surface area (Å²) in [5.74, 6) is 1.65. The third kappa shape index (κ3) is 10.00. The van der Waals surface area contributed by atoms with Gasteiger partial charge in [-0.1, -0.05) is 92.5 Å². The first kappa shape index (κ1) is 43.2. The molecule has 1 N–H and O–H groups in total. The maximum absolute atomic E-state index is 14.3. The number of hydrogen-bond donors (Lipinski definition) is 1. The molecule has 2 aliphatic rings. The lowest BCUT2D eigenvalue weighted by molar-refractivity contribution is -0.145. The van der Waals surface area contributed by atoms with E-state index < -0.39 is 18.1 Å². The number of fused-ring (bicyclic) bond motifs is 2. The van der Waals surface area contributed by atoms with Gasteiger partial charge in [-0.2, -0.15) is 0 Å². The second kappa shape index (κ2) is 19.2. The van der Waals surface area contributed by atoms with Crippen molar-refractivity contribution in [3.63, 3.8) is 0 Å². The summed E-state index contributed by atoms with van der Waals surface area (Å²) in [4.78, 5) is 34.0. The van der Waals surface area contributed by atoms with Gasteiger partial charge in [0.2, 0.25) is 5.91 Å². The van der Waals surface area contributed by atoms with E-state index in [0.29, 0.717) is 42.0 Å². The molecule has 4 atom stereocenters. The average molecular weight is 849 g/mol. The van der Waals surface area contributed by atoms with E-state index in [1.807, 2.05) is 49.5 Å². The number of aromatic nitrogens is 1. The molecule has 7 rings (SSSR count).